The molecule has 0 atom stereocenters. The first-order valence-electron chi connectivity index (χ1n) is 6.88. The van der Waals surface area contributed by atoms with E-state index in [1.54, 1.807) is 18.3 Å². The lowest BCUT2D eigenvalue weighted by Crippen LogP contribution is -2.07. The molecule has 3 aromatic rings. The fourth-order valence-corrected chi connectivity index (χ4v) is 3.72. The van der Waals surface area contributed by atoms with Gasteiger partial charge < -0.3 is 10.1 Å². The Morgan fingerprint density at radius 1 is 1.32 bits per heavy atom. The van der Waals surface area contributed by atoms with Gasteiger partial charge in [0.1, 0.15) is 0 Å². The van der Waals surface area contributed by atoms with Crippen LogP contribution in [-0.2, 0) is 16.0 Å². The van der Waals surface area contributed by atoms with Crippen molar-refractivity contribution in [2.75, 3.05) is 11.9 Å². The van der Waals surface area contributed by atoms with Crippen molar-refractivity contribution in [3.8, 4) is 0 Å². The highest BCUT2D eigenvalue weighted by atomic mass is 32.1. The van der Waals surface area contributed by atoms with Crippen LogP contribution in [0.25, 0.3) is 10.2 Å². The lowest BCUT2D eigenvalue weighted by atomic mass is 10.2. The van der Waals surface area contributed by atoms with Gasteiger partial charge in [0.05, 0.1) is 28.9 Å². The van der Waals surface area contributed by atoms with Crippen molar-refractivity contribution >= 4 is 49.1 Å². The van der Waals surface area contributed by atoms with E-state index in [1.807, 2.05) is 17.5 Å². The van der Waals surface area contributed by atoms with Crippen LogP contribution in [-0.4, -0.2) is 22.5 Å². The van der Waals surface area contributed by atoms with Gasteiger partial charge in [0.15, 0.2) is 10.3 Å². The van der Waals surface area contributed by atoms with Crippen molar-refractivity contribution in [2.45, 2.75) is 20.3 Å². The highest BCUT2D eigenvalue weighted by Crippen LogP contribution is 2.30. The van der Waals surface area contributed by atoms with Gasteiger partial charge in [-0.3, -0.25) is 4.79 Å². The molecule has 7 heteroatoms. The Morgan fingerprint density at radius 2 is 2.18 bits per heavy atom. The maximum atomic E-state index is 11.4. The zero-order valence-corrected chi connectivity index (χ0v) is 13.9. The Bertz CT molecular complexity index is 810. The standard InChI is InChI=1S/C15H15N3O2S2/c1-3-20-13(19)7-10-8-21-14(16-10)18-15-17-11-5-4-9(2)6-12(11)22-15/h4-6,8H,3,7H2,1-2H3,(H,16,17,18). The Balaban J connectivity index is 1.72. The minimum absolute atomic E-state index is 0.199. The smallest absolute Gasteiger partial charge is 0.311 e. The number of hydrogen-bond donors (Lipinski definition) is 1. The van der Waals surface area contributed by atoms with Crippen LogP contribution in [0.2, 0.25) is 0 Å². The lowest BCUT2D eigenvalue weighted by Gasteiger charge is -1.98. The van der Waals surface area contributed by atoms with Crippen LogP contribution >= 0.6 is 22.7 Å². The predicted octanol–water partition coefficient (Wildman–Crippen LogP) is 3.91. The third-order valence-corrected chi connectivity index (χ3v) is 4.68. The van der Waals surface area contributed by atoms with E-state index in [0.717, 1.165) is 20.5 Å². The first-order valence-corrected chi connectivity index (χ1v) is 8.58. The van der Waals surface area contributed by atoms with Gasteiger partial charge in [0.25, 0.3) is 0 Å². The minimum atomic E-state index is -0.255. The van der Waals surface area contributed by atoms with E-state index in [-0.39, 0.29) is 12.4 Å². The van der Waals surface area contributed by atoms with Crippen molar-refractivity contribution < 1.29 is 9.53 Å². The van der Waals surface area contributed by atoms with Crippen molar-refractivity contribution in [2.24, 2.45) is 0 Å². The molecule has 22 heavy (non-hydrogen) atoms. The van der Waals surface area contributed by atoms with Crippen molar-refractivity contribution in [3.63, 3.8) is 0 Å². The molecule has 0 fully saturated rings. The first kappa shape index (κ1) is 14.9. The summed E-state index contributed by atoms with van der Waals surface area (Å²) >= 11 is 3.04. The molecular formula is C15H15N3O2S2. The maximum absolute atomic E-state index is 11.4. The van der Waals surface area contributed by atoms with Gasteiger partial charge in [0, 0.05) is 5.38 Å². The quantitative estimate of drug-likeness (QED) is 0.717. The van der Waals surface area contributed by atoms with E-state index in [2.05, 4.69) is 28.3 Å². The SMILES string of the molecule is CCOC(=O)Cc1csc(Nc2nc3ccc(C)cc3s2)n1. The number of rotatable bonds is 5. The Morgan fingerprint density at radius 3 is 3.00 bits per heavy atom. The summed E-state index contributed by atoms with van der Waals surface area (Å²) in [5, 5.41) is 6.59. The second-order valence-corrected chi connectivity index (χ2v) is 6.63. The summed E-state index contributed by atoms with van der Waals surface area (Å²) in [6.07, 6.45) is 0.199. The number of esters is 1. The zero-order valence-electron chi connectivity index (χ0n) is 12.3. The molecule has 114 valence electrons. The van der Waals surface area contributed by atoms with E-state index >= 15 is 0 Å². The zero-order chi connectivity index (χ0) is 15.5. The van der Waals surface area contributed by atoms with Crippen LogP contribution < -0.4 is 5.32 Å². The van der Waals surface area contributed by atoms with Crippen molar-refractivity contribution in [1.29, 1.82) is 0 Å². The third kappa shape index (κ3) is 3.42. The molecule has 0 bridgehead atoms. The van der Waals surface area contributed by atoms with E-state index in [9.17, 15) is 4.79 Å². The minimum Gasteiger partial charge on any atom is -0.466 e. The van der Waals surface area contributed by atoms with Crippen LogP contribution in [0.1, 0.15) is 18.2 Å². The number of ether oxygens (including phenoxy) is 1. The molecule has 0 saturated heterocycles. The molecule has 5 nitrogen and oxygen atoms in total. The normalized spacial score (nSPS) is 10.8. The fraction of sp³-hybridized carbons (Fsp3) is 0.267. The number of nitrogens with one attached hydrogen (secondary N) is 1. The number of aromatic nitrogens is 2. The molecule has 0 radical (unpaired) electrons. The first-order chi connectivity index (χ1) is 10.6. The molecule has 0 aliphatic rings. The van der Waals surface area contributed by atoms with Crippen LogP contribution in [0, 0.1) is 6.92 Å². The number of hydrogen-bond acceptors (Lipinski definition) is 7. The average molecular weight is 333 g/mol. The number of fused-ring (bicyclic) bond motifs is 1. The highest BCUT2D eigenvalue weighted by Gasteiger charge is 2.10. The van der Waals surface area contributed by atoms with Gasteiger partial charge in [-0.1, -0.05) is 17.4 Å². The van der Waals surface area contributed by atoms with Gasteiger partial charge in [-0.25, -0.2) is 9.97 Å². The predicted molar refractivity (Wildman–Crippen MR) is 90.1 cm³/mol. The fourth-order valence-electron chi connectivity index (χ4n) is 1.98. The summed E-state index contributed by atoms with van der Waals surface area (Å²) in [6, 6.07) is 6.18. The number of carbonyl (C=O) groups is 1. The van der Waals surface area contributed by atoms with E-state index < -0.39 is 0 Å². The van der Waals surface area contributed by atoms with Crippen LogP contribution in [0.15, 0.2) is 23.6 Å². The number of carbonyl (C=O) groups excluding carboxylic acids is 1. The molecule has 0 unspecified atom stereocenters. The summed E-state index contributed by atoms with van der Waals surface area (Å²) < 4.78 is 6.06. The summed E-state index contributed by atoms with van der Waals surface area (Å²) in [6.45, 7) is 4.24. The molecule has 2 heterocycles. The number of thiazole rings is 2. The molecule has 0 aliphatic carbocycles. The topological polar surface area (TPSA) is 64.1 Å². The van der Waals surface area contributed by atoms with E-state index in [0.29, 0.717) is 12.3 Å². The molecule has 0 spiro atoms. The summed E-state index contributed by atoms with van der Waals surface area (Å²) in [4.78, 5) is 20.4. The Kier molecular flexibility index (Phi) is 4.35. The number of anilines is 2. The Labute approximate surface area is 136 Å². The summed E-state index contributed by atoms with van der Waals surface area (Å²) in [5.41, 5.74) is 2.90. The lowest BCUT2D eigenvalue weighted by molar-refractivity contribution is -0.142. The second kappa shape index (κ2) is 6.41. The van der Waals surface area contributed by atoms with Gasteiger partial charge in [0.2, 0.25) is 0 Å². The molecule has 1 aromatic carbocycles. The summed E-state index contributed by atoms with van der Waals surface area (Å²) in [5.74, 6) is -0.255. The highest BCUT2D eigenvalue weighted by molar-refractivity contribution is 7.22. The van der Waals surface area contributed by atoms with Crippen LogP contribution in [0.5, 0.6) is 0 Å². The number of benzene rings is 1. The number of nitrogens with zero attached hydrogens (tertiary/aromatic N) is 2. The molecule has 3 rings (SSSR count). The molecule has 0 saturated carbocycles. The number of aryl methyl sites for hydroxylation is 1. The van der Waals surface area contributed by atoms with Crippen LogP contribution in [0.3, 0.4) is 0 Å². The molecule has 0 aliphatic heterocycles. The molecule has 0 amide bonds. The van der Waals surface area contributed by atoms with Gasteiger partial charge in [-0.05, 0) is 31.5 Å². The average Bonchev–Trinajstić information content (AvgIpc) is 3.05. The van der Waals surface area contributed by atoms with Gasteiger partial charge >= 0.3 is 5.97 Å². The van der Waals surface area contributed by atoms with Gasteiger partial charge in [-0.2, -0.15) is 0 Å². The van der Waals surface area contributed by atoms with Crippen molar-refractivity contribution in [1.82, 2.24) is 9.97 Å². The summed E-state index contributed by atoms with van der Waals surface area (Å²) in [7, 11) is 0. The second-order valence-electron chi connectivity index (χ2n) is 4.74. The largest absolute Gasteiger partial charge is 0.466 e. The van der Waals surface area contributed by atoms with E-state index in [1.165, 1.54) is 16.9 Å². The molecule has 1 N–H and O–H groups in total. The molecular weight excluding hydrogens is 318 g/mol. The monoisotopic (exact) mass is 333 g/mol. The Hall–Kier alpha value is -1.99. The van der Waals surface area contributed by atoms with Crippen molar-refractivity contribution in [3.05, 3.63) is 34.8 Å². The molecule has 2 aromatic heterocycles. The van der Waals surface area contributed by atoms with E-state index in [4.69, 9.17) is 4.74 Å². The maximum Gasteiger partial charge on any atom is 0.311 e. The van der Waals surface area contributed by atoms with Crippen LogP contribution in [0.4, 0.5) is 10.3 Å². The third-order valence-electron chi connectivity index (χ3n) is 2.94. The van der Waals surface area contributed by atoms with Gasteiger partial charge in [-0.15, -0.1) is 11.3 Å².